The second-order valence-corrected chi connectivity index (χ2v) is 3.76. The molecule has 0 aliphatic carbocycles. The van der Waals surface area contributed by atoms with Crippen LogP contribution in [0.25, 0.3) is 0 Å². The minimum atomic E-state index is 0.163. The normalized spacial score (nSPS) is 10.3. The summed E-state index contributed by atoms with van der Waals surface area (Å²) >= 11 is 1.47. The van der Waals surface area contributed by atoms with Crippen LogP contribution >= 0.6 is 11.3 Å². The number of carbonyl (C=O) groups is 1. The quantitative estimate of drug-likeness (QED) is 0.716. The molecule has 0 aromatic carbocycles. The summed E-state index contributed by atoms with van der Waals surface area (Å²) in [5.41, 5.74) is 0. The topological polar surface area (TPSA) is 47.8 Å². The standard InChI is InChI=1S/C9H9N3OS/c13-8(9-2-1-5-14-9)3-4-12-7-10-6-11-12/h1-2,5-7H,3-4H2. The Labute approximate surface area is 85.2 Å². The van der Waals surface area contributed by atoms with Crippen LogP contribution in [0.1, 0.15) is 16.1 Å². The van der Waals surface area contributed by atoms with Crippen LogP contribution in [0.15, 0.2) is 30.2 Å². The second-order valence-electron chi connectivity index (χ2n) is 2.81. The molecule has 5 heteroatoms. The molecule has 0 fully saturated rings. The van der Waals surface area contributed by atoms with Crippen molar-refractivity contribution in [3.8, 4) is 0 Å². The predicted octanol–water partition coefficient (Wildman–Crippen LogP) is 1.61. The van der Waals surface area contributed by atoms with E-state index in [1.807, 2.05) is 17.5 Å². The first kappa shape index (κ1) is 9.08. The van der Waals surface area contributed by atoms with Crippen molar-refractivity contribution in [3.63, 3.8) is 0 Å². The minimum Gasteiger partial charge on any atom is -0.293 e. The molecule has 72 valence electrons. The molecule has 0 amide bonds. The first-order valence-corrected chi connectivity index (χ1v) is 5.13. The highest BCUT2D eigenvalue weighted by atomic mass is 32.1. The molecule has 2 rings (SSSR count). The van der Waals surface area contributed by atoms with Gasteiger partial charge in [-0.3, -0.25) is 9.48 Å². The Hall–Kier alpha value is -1.49. The molecule has 0 bridgehead atoms. The fourth-order valence-electron chi connectivity index (χ4n) is 1.12. The van der Waals surface area contributed by atoms with E-state index >= 15 is 0 Å². The summed E-state index contributed by atoms with van der Waals surface area (Å²) in [4.78, 5) is 16.2. The highest BCUT2D eigenvalue weighted by molar-refractivity contribution is 7.12. The number of carbonyl (C=O) groups excluding carboxylic acids is 1. The third-order valence-corrected chi connectivity index (χ3v) is 2.74. The molecule has 0 spiro atoms. The van der Waals surface area contributed by atoms with Gasteiger partial charge in [-0.25, -0.2) is 4.98 Å². The van der Waals surface area contributed by atoms with E-state index in [9.17, 15) is 4.79 Å². The van der Waals surface area contributed by atoms with E-state index in [0.717, 1.165) is 4.88 Å². The highest BCUT2D eigenvalue weighted by Crippen LogP contribution is 2.11. The molecular formula is C9H9N3OS. The van der Waals surface area contributed by atoms with Crippen molar-refractivity contribution in [1.82, 2.24) is 14.8 Å². The number of thiophene rings is 1. The molecule has 0 aliphatic rings. The van der Waals surface area contributed by atoms with Crippen molar-refractivity contribution in [2.75, 3.05) is 0 Å². The zero-order chi connectivity index (χ0) is 9.80. The lowest BCUT2D eigenvalue weighted by Gasteiger charge is -1.97. The predicted molar refractivity (Wildman–Crippen MR) is 53.3 cm³/mol. The summed E-state index contributed by atoms with van der Waals surface area (Å²) in [5, 5.41) is 5.83. The van der Waals surface area contributed by atoms with Crippen LogP contribution in [-0.2, 0) is 6.54 Å². The van der Waals surface area contributed by atoms with Crippen molar-refractivity contribution < 1.29 is 4.79 Å². The third-order valence-electron chi connectivity index (χ3n) is 1.83. The Balaban J connectivity index is 1.90. The maximum absolute atomic E-state index is 11.5. The fourth-order valence-corrected chi connectivity index (χ4v) is 1.82. The third kappa shape index (κ3) is 2.05. The highest BCUT2D eigenvalue weighted by Gasteiger charge is 2.06. The van der Waals surface area contributed by atoms with Gasteiger partial charge in [-0.1, -0.05) is 6.07 Å². The number of Topliss-reactive ketones (excluding diaryl/α,β-unsaturated/α-hetero) is 1. The van der Waals surface area contributed by atoms with Gasteiger partial charge in [0.1, 0.15) is 12.7 Å². The minimum absolute atomic E-state index is 0.163. The molecular weight excluding hydrogens is 198 g/mol. The number of aromatic nitrogens is 3. The largest absolute Gasteiger partial charge is 0.293 e. The average Bonchev–Trinajstić information content (AvgIpc) is 2.87. The molecule has 2 heterocycles. The van der Waals surface area contributed by atoms with Crippen LogP contribution in [0.5, 0.6) is 0 Å². The lowest BCUT2D eigenvalue weighted by atomic mass is 10.2. The van der Waals surface area contributed by atoms with Gasteiger partial charge in [-0.05, 0) is 11.4 Å². The van der Waals surface area contributed by atoms with Gasteiger partial charge in [0.05, 0.1) is 4.88 Å². The zero-order valence-electron chi connectivity index (χ0n) is 7.46. The summed E-state index contributed by atoms with van der Waals surface area (Å²) in [7, 11) is 0. The lowest BCUT2D eigenvalue weighted by Crippen LogP contribution is -2.05. The van der Waals surface area contributed by atoms with Gasteiger partial charge in [0, 0.05) is 13.0 Å². The number of hydrogen-bond donors (Lipinski definition) is 0. The van der Waals surface area contributed by atoms with Crippen LogP contribution in [0, 0.1) is 0 Å². The fraction of sp³-hybridized carbons (Fsp3) is 0.222. The average molecular weight is 207 g/mol. The van der Waals surface area contributed by atoms with E-state index in [4.69, 9.17) is 0 Å². The number of hydrogen-bond acceptors (Lipinski definition) is 4. The zero-order valence-corrected chi connectivity index (χ0v) is 8.28. The van der Waals surface area contributed by atoms with Crippen LogP contribution in [0.3, 0.4) is 0 Å². The Bertz CT molecular complexity index is 394. The summed E-state index contributed by atoms with van der Waals surface area (Å²) < 4.78 is 1.66. The molecule has 0 N–H and O–H groups in total. The Kier molecular flexibility index (Phi) is 2.69. The Morgan fingerprint density at radius 1 is 1.57 bits per heavy atom. The Morgan fingerprint density at radius 2 is 2.50 bits per heavy atom. The molecule has 14 heavy (non-hydrogen) atoms. The molecule has 4 nitrogen and oxygen atoms in total. The van der Waals surface area contributed by atoms with Crippen molar-refractivity contribution >= 4 is 17.1 Å². The van der Waals surface area contributed by atoms with Gasteiger partial charge in [-0.2, -0.15) is 5.10 Å². The van der Waals surface area contributed by atoms with E-state index in [1.165, 1.54) is 17.7 Å². The van der Waals surface area contributed by atoms with Gasteiger partial charge in [0.25, 0.3) is 0 Å². The smallest absolute Gasteiger partial charge is 0.174 e. The number of rotatable bonds is 4. The van der Waals surface area contributed by atoms with Crippen LogP contribution in [0.4, 0.5) is 0 Å². The summed E-state index contributed by atoms with van der Waals surface area (Å²) in [6.45, 7) is 0.594. The van der Waals surface area contributed by atoms with Crippen molar-refractivity contribution in [1.29, 1.82) is 0 Å². The summed E-state index contributed by atoms with van der Waals surface area (Å²) in [5.74, 6) is 0.163. The first-order valence-electron chi connectivity index (χ1n) is 4.25. The molecule has 0 saturated carbocycles. The monoisotopic (exact) mass is 207 g/mol. The summed E-state index contributed by atoms with van der Waals surface area (Å²) in [6, 6.07) is 3.72. The van der Waals surface area contributed by atoms with Gasteiger partial charge in [0.2, 0.25) is 0 Å². The van der Waals surface area contributed by atoms with E-state index in [2.05, 4.69) is 10.1 Å². The van der Waals surface area contributed by atoms with E-state index in [0.29, 0.717) is 13.0 Å². The van der Waals surface area contributed by atoms with Gasteiger partial charge in [-0.15, -0.1) is 11.3 Å². The van der Waals surface area contributed by atoms with E-state index < -0.39 is 0 Å². The molecule has 2 aromatic heterocycles. The maximum atomic E-state index is 11.5. The second kappa shape index (κ2) is 4.15. The Morgan fingerprint density at radius 3 is 3.14 bits per heavy atom. The molecule has 0 unspecified atom stereocenters. The number of nitrogens with zero attached hydrogens (tertiary/aromatic N) is 3. The summed E-state index contributed by atoms with van der Waals surface area (Å²) in [6.07, 6.45) is 3.56. The van der Waals surface area contributed by atoms with Gasteiger partial charge < -0.3 is 0 Å². The van der Waals surface area contributed by atoms with Crippen LogP contribution < -0.4 is 0 Å². The molecule has 0 saturated heterocycles. The van der Waals surface area contributed by atoms with Crippen molar-refractivity contribution in [2.24, 2.45) is 0 Å². The number of aryl methyl sites for hydroxylation is 1. The number of ketones is 1. The van der Waals surface area contributed by atoms with Crippen molar-refractivity contribution in [2.45, 2.75) is 13.0 Å². The van der Waals surface area contributed by atoms with Crippen LogP contribution in [-0.4, -0.2) is 20.5 Å². The van der Waals surface area contributed by atoms with Crippen LogP contribution in [0.2, 0.25) is 0 Å². The SMILES string of the molecule is O=C(CCn1cncn1)c1cccs1. The van der Waals surface area contributed by atoms with Crippen molar-refractivity contribution in [3.05, 3.63) is 35.0 Å². The first-order chi connectivity index (χ1) is 6.86. The maximum Gasteiger partial charge on any atom is 0.174 e. The van der Waals surface area contributed by atoms with E-state index in [-0.39, 0.29) is 5.78 Å². The van der Waals surface area contributed by atoms with E-state index in [1.54, 1.807) is 11.0 Å². The molecule has 0 aliphatic heterocycles. The molecule has 0 radical (unpaired) electrons. The lowest BCUT2D eigenvalue weighted by molar-refractivity contribution is 0.0979. The molecule has 2 aromatic rings. The van der Waals surface area contributed by atoms with Gasteiger partial charge in [0.15, 0.2) is 5.78 Å². The van der Waals surface area contributed by atoms with Gasteiger partial charge >= 0.3 is 0 Å². The molecule has 0 atom stereocenters.